The van der Waals surface area contributed by atoms with Gasteiger partial charge in [0.15, 0.2) is 0 Å². The summed E-state index contributed by atoms with van der Waals surface area (Å²) in [6.45, 7) is 0. The molecule has 0 aromatic heterocycles. The van der Waals surface area contributed by atoms with E-state index in [4.69, 9.17) is 0 Å². The maximum atomic E-state index is 12.8. The molecule has 1 N–H and O–H groups in total. The molecule has 0 saturated heterocycles. The molecule has 0 saturated carbocycles. The molecule has 1 unspecified atom stereocenters. The summed E-state index contributed by atoms with van der Waals surface area (Å²) in [7, 11) is 0. The topological polar surface area (TPSA) is 20.2 Å². The van der Waals surface area contributed by atoms with E-state index in [-0.39, 0.29) is 11.9 Å². The van der Waals surface area contributed by atoms with E-state index >= 15 is 0 Å². The van der Waals surface area contributed by atoms with E-state index in [2.05, 4.69) is 0 Å². The first-order valence-corrected chi connectivity index (χ1v) is 6.03. The average Bonchev–Trinajstić information content (AvgIpc) is 2.15. The van der Waals surface area contributed by atoms with E-state index in [9.17, 15) is 9.50 Å². The Bertz CT molecular complexity index is 278. The summed E-state index contributed by atoms with van der Waals surface area (Å²) in [4.78, 5) is 0. The summed E-state index contributed by atoms with van der Waals surface area (Å²) in [5.41, 5.74) is 0.860. The van der Waals surface area contributed by atoms with Gasteiger partial charge in [-0.05, 0) is 42.5 Å². The van der Waals surface area contributed by atoms with Gasteiger partial charge in [0, 0.05) is 0 Å². The number of hydrogen-bond donors (Lipinski definition) is 1. The van der Waals surface area contributed by atoms with Gasteiger partial charge in [0.25, 0.3) is 0 Å². The smallest absolute Gasteiger partial charge is 0.123 e. The van der Waals surface area contributed by atoms with Crippen molar-refractivity contribution >= 4 is 11.8 Å². The molecule has 14 heavy (non-hydrogen) atoms. The number of rotatable bonds is 5. The Kier molecular flexibility index (Phi) is 4.98. The van der Waals surface area contributed by atoms with Gasteiger partial charge in [0.05, 0.1) is 6.10 Å². The van der Waals surface area contributed by atoms with Gasteiger partial charge in [0.1, 0.15) is 5.82 Å². The number of aliphatic hydroxyl groups is 1. The Labute approximate surface area is 88.3 Å². The van der Waals surface area contributed by atoms with Gasteiger partial charge in [-0.15, -0.1) is 0 Å². The molecular weight excluding hydrogens is 199 g/mol. The van der Waals surface area contributed by atoms with Gasteiger partial charge in [-0.25, -0.2) is 4.39 Å². The second kappa shape index (κ2) is 6.04. The van der Waals surface area contributed by atoms with Crippen LogP contribution in [0.1, 0.15) is 12.0 Å². The van der Waals surface area contributed by atoms with Gasteiger partial charge in [-0.2, -0.15) is 11.8 Å². The first kappa shape index (κ1) is 11.5. The van der Waals surface area contributed by atoms with E-state index < -0.39 is 0 Å². The molecule has 0 bridgehead atoms. The van der Waals surface area contributed by atoms with Crippen molar-refractivity contribution in [2.75, 3.05) is 12.0 Å². The van der Waals surface area contributed by atoms with Crippen LogP contribution < -0.4 is 0 Å². The van der Waals surface area contributed by atoms with Crippen LogP contribution in [0, 0.1) is 5.82 Å². The van der Waals surface area contributed by atoms with Crippen LogP contribution >= 0.6 is 11.8 Å². The summed E-state index contributed by atoms with van der Waals surface area (Å²) in [5.74, 6) is 0.704. The van der Waals surface area contributed by atoms with Crippen molar-refractivity contribution in [2.45, 2.75) is 18.9 Å². The minimum absolute atomic E-state index is 0.237. The third kappa shape index (κ3) is 4.11. The second-order valence-electron chi connectivity index (χ2n) is 3.27. The van der Waals surface area contributed by atoms with Crippen LogP contribution in [0.4, 0.5) is 4.39 Å². The zero-order valence-electron chi connectivity index (χ0n) is 8.24. The minimum Gasteiger partial charge on any atom is -0.393 e. The van der Waals surface area contributed by atoms with Gasteiger partial charge >= 0.3 is 0 Å². The Hall–Kier alpha value is -0.540. The van der Waals surface area contributed by atoms with Gasteiger partial charge in [-0.1, -0.05) is 12.1 Å². The van der Waals surface area contributed by atoms with E-state index in [0.717, 1.165) is 17.7 Å². The predicted molar refractivity (Wildman–Crippen MR) is 59.1 cm³/mol. The standard InChI is InChI=1S/C11H15FOS/c1-14-6-5-11(13)8-9-3-2-4-10(12)7-9/h2-4,7,11,13H,5-6,8H2,1H3. The lowest BCUT2D eigenvalue weighted by molar-refractivity contribution is 0.172. The van der Waals surface area contributed by atoms with Crippen molar-refractivity contribution in [3.63, 3.8) is 0 Å². The lowest BCUT2D eigenvalue weighted by atomic mass is 10.1. The molecule has 1 atom stereocenters. The molecule has 0 aliphatic heterocycles. The first-order valence-electron chi connectivity index (χ1n) is 4.64. The molecule has 0 heterocycles. The molecule has 0 aliphatic carbocycles. The highest BCUT2D eigenvalue weighted by Crippen LogP contribution is 2.09. The van der Waals surface area contributed by atoms with E-state index in [1.807, 2.05) is 12.3 Å². The molecule has 3 heteroatoms. The van der Waals surface area contributed by atoms with Crippen molar-refractivity contribution < 1.29 is 9.50 Å². The zero-order chi connectivity index (χ0) is 10.4. The highest BCUT2D eigenvalue weighted by molar-refractivity contribution is 7.98. The Balaban J connectivity index is 2.43. The molecule has 0 aliphatic rings. The van der Waals surface area contributed by atoms with Crippen molar-refractivity contribution in [1.82, 2.24) is 0 Å². The molecule has 1 nitrogen and oxygen atoms in total. The number of halogens is 1. The molecular formula is C11H15FOS. The quantitative estimate of drug-likeness (QED) is 0.812. The van der Waals surface area contributed by atoms with Crippen LogP contribution in [-0.2, 0) is 6.42 Å². The van der Waals surface area contributed by atoms with Crippen LogP contribution in [0.25, 0.3) is 0 Å². The summed E-state index contributed by atoms with van der Waals surface area (Å²) in [5, 5.41) is 9.59. The normalized spacial score (nSPS) is 12.8. The SMILES string of the molecule is CSCCC(O)Cc1cccc(F)c1. The first-order chi connectivity index (χ1) is 6.72. The van der Waals surface area contributed by atoms with Crippen LogP contribution in [0.3, 0.4) is 0 Å². The summed E-state index contributed by atoms with van der Waals surface area (Å²) in [6.07, 6.45) is 2.95. The number of hydrogen-bond acceptors (Lipinski definition) is 2. The van der Waals surface area contributed by atoms with E-state index in [0.29, 0.717) is 6.42 Å². The molecule has 1 aromatic carbocycles. The molecule has 0 amide bonds. The number of thioether (sulfide) groups is 1. The van der Waals surface area contributed by atoms with Gasteiger partial charge < -0.3 is 5.11 Å². The largest absolute Gasteiger partial charge is 0.393 e. The van der Waals surface area contributed by atoms with Crippen LogP contribution in [0.2, 0.25) is 0 Å². The lowest BCUT2D eigenvalue weighted by Crippen LogP contribution is -2.11. The Morgan fingerprint density at radius 1 is 1.50 bits per heavy atom. The fraction of sp³-hybridized carbons (Fsp3) is 0.455. The molecule has 0 spiro atoms. The monoisotopic (exact) mass is 214 g/mol. The molecule has 0 fully saturated rings. The average molecular weight is 214 g/mol. The minimum atomic E-state index is -0.357. The van der Waals surface area contributed by atoms with Gasteiger partial charge in [0.2, 0.25) is 0 Å². The zero-order valence-corrected chi connectivity index (χ0v) is 9.06. The second-order valence-corrected chi connectivity index (χ2v) is 4.25. The third-order valence-corrected chi connectivity index (χ3v) is 2.66. The van der Waals surface area contributed by atoms with E-state index in [1.165, 1.54) is 12.1 Å². The van der Waals surface area contributed by atoms with Crippen LogP contribution in [-0.4, -0.2) is 23.2 Å². The summed E-state index contributed by atoms with van der Waals surface area (Å²) >= 11 is 1.71. The maximum absolute atomic E-state index is 12.8. The number of aliphatic hydroxyl groups excluding tert-OH is 1. The van der Waals surface area contributed by atoms with Crippen molar-refractivity contribution in [2.24, 2.45) is 0 Å². The Morgan fingerprint density at radius 3 is 2.93 bits per heavy atom. The fourth-order valence-electron chi connectivity index (χ4n) is 1.29. The molecule has 1 aromatic rings. The lowest BCUT2D eigenvalue weighted by Gasteiger charge is -2.09. The van der Waals surface area contributed by atoms with Crippen LogP contribution in [0.5, 0.6) is 0 Å². The third-order valence-electron chi connectivity index (χ3n) is 2.02. The number of benzene rings is 1. The maximum Gasteiger partial charge on any atom is 0.123 e. The van der Waals surface area contributed by atoms with Crippen molar-refractivity contribution in [3.05, 3.63) is 35.6 Å². The summed E-state index contributed by atoms with van der Waals surface area (Å²) in [6, 6.07) is 6.40. The predicted octanol–water partition coefficient (Wildman–Crippen LogP) is 2.48. The molecule has 0 radical (unpaired) electrons. The van der Waals surface area contributed by atoms with Gasteiger partial charge in [-0.3, -0.25) is 0 Å². The Morgan fingerprint density at radius 2 is 2.29 bits per heavy atom. The highest BCUT2D eigenvalue weighted by atomic mass is 32.2. The van der Waals surface area contributed by atoms with Crippen molar-refractivity contribution in [1.29, 1.82) is 0 Å². The molecule has 78 valence electrons. The van der Waals surface area contributed by atoms with Crippen LogP contribution in [0.15, 0.2) is 24.3 Å². The van der Waals surface area contributed by atoms with E-state index in [1.54, 1.807) is 17.8 Å². The highest BCUT2D eigenvalue weighted by Gasteiger charge is 2.05. The summed E-state index contributed by atoms with van der Waals surface area (Å²) < 4.78 is 12.8. The fourth-order valence-corrected chi connectivity index (χ4v) is 1.80. The molecule has 1 rings (SSSR count). The van der Waals surface area contributed by atoms with Crippen molar-refractivity contribution in [3.8, 4) is 0 Å².